The number of rotatable bonds is 5. The van der Waals surface area contributed by atoms with E-state index in [4.69, 9.17) is 19.6 Å². The Balaban J connectivity index is 1.38. The highest BCUT2D eigenvalue weighted by atomic mass is 16.6. The third-order valence-corrected chi connectivity index (χ3v) is 5.84. The number of morpholine rings is 1. The van der Waals surface area contributed by atoms with E-state index in [9.17, 15) is 9.59 Å². The predicted molar refractivity (Wildman–Crippen MR) is 138 cm³/mol. The quantitative estimate of drug-likeness (QED) is 0.499. The number of carbonyl (C=O) groups is 2. The minimum atomic E-state index is -0.562. The van der Waals surface area contributed by atoms with E-state index in [1.807, 2.05) is 26.8 Å². The molecule has 1 aromatic heterocycles. The summed E-state index contributed by atoms with van der Waals surface area (Å²) < 4.78 is 17.2. The number of aromatic nitrogens is 1. The zero-order valence-electron chi connectivity index (χ0n) is 21.5. The third-order valence-electron chi connectivity index (χ3n) is 5.84. The summed E-state index contributed by atoms with van der Waals surface area (Å²) in [5.41, 5.74) is 9.83. The number of carbonyl (C=O) groups excluding carboxylic acids is 2. The number of benzene rings is 2. The normalized spacial score (nSPS) is 16.4. The Morgan fingerprint density at radius 3 is 2.61 bits per heavy atom. The molecular formula is C27H34N4O5. The summed E-state index contributed by atoms with van der Waals surface area (Å²) in [4.78, 5) is 31.3. The maximum Gasteiger partial charge on any atom is 0.410 e. The van der Waals surface area contributed by atoms with Crippen molar-refractivity contribution in [3.63, 3.8) is 0 Å². The lowest BCUT2D eigenvalue weighted by atomic mass is 10.0. The van der Waals surface area contributed by atoms with Gasteiger partial charge in [-0.05, 0) is 63.1 Å². The molecule has 1 saturated heterocycles. The second-order valence-electron chi connectivity index (χ2n) is 10.3. The molecule has 1 atom stereocenters. The molecule has 1 fully saturated rings. The van der Waals surface area contributed by atoms with Crippen molar-refractivity contribution in [1.82, 2.24) is 15.2 Å². The van der Waals surface area contributed by atoms with Crippen LogP contribution in [0.5, 0.6) is 0 Å². The highest BCUT2D eigenvalue weighted by molar-refractivity contribution is 5.94. The summed E-state index contributed by atoms with van der Waals surface area (Å²) in [6, 6.07) is 10.8. The van der Waals surface area contributed by atoms with Gasteiger partial charge < -0.3 is 29.8 Å². The molecule has 2 heterocycles. The molecule has 1 unspecified atom stereocenters. The fourth-order valence-corrected chi connectivity index (χ4v) is 4.04. The van der Waals surface area contributed by atoms with E-state index in [2.05, 4.69) is 24.1 Å². The highest BCUT2D eigenvalue weighted by Crippen LogP contribution is 2.32. The Labute approximate surface area is 210 Å². The molecule has 2 aromatic carbocycles. The summed E-state index contributed by atoms with van der Waals surface area (Å²) in [6.45, 7) is 11.1. The first-order chi connectivity index (χ1) is 17.0. The molecule has 2 amide bonds. The molecule has 0 saturated carbocycles. The van der Waals surface area contributed by atoms with E-state index < -0.39 is 5.60 Å². The minimum Gasteiger partial charge on any atom is -0.444 e. The highest BCUT2D eigenvalue weighted by Gasteiger charge is 2.28. The van der Waals surface area contributed by atoms with Gasteiger partial charge in [0.15, 0.2) is 5.58 Å². The van der Waals surface area contributed by atoms with Gasteiger partial charge in [0.1, 0.15) is 11.1 Å². The van der Waals surface area contributed by atoms with Crippen LogP contribution in [0.4, 0.5) is 10.5 Å². The number of anilines is 1. The standard InChI is InChI=1S/C27H34N4O5/c1-16(2)21-12-19(28)13-22-23(21)35-25(30-22)18-8-6-17(7-9-18)24(32)29-14-20-15-31(10-11-34-20)26(33)36-27(3,4)5/h6-9,12-13,16,20H,10-11,14-15,28H2,1-5H3,(H,29,32). The zero-order chi connectivity index (χ0) is 26.0. The first kappa shape index (κ1) is 25.5. The van der Waals surface area contributed by atoms with E-state index in [0.717, 1.165) is 16.7 Å². The van der Waals surface area contributed by atoms with Crippen molar-refractivity contribution in [1.29, 1.82) is 0 Å². The van der Waals surface area contributed by atoms with Crippen LogP contribution >= 0.6 is 0 Å². The van der Waals surface area contributed by atoms with Crippen LogP contribution in [0.1, 0.15) is 56.5 Å². The number of hydrogen-bond donors (Lipinski definition) is 2. The van der Waals surface area contributed by atoms with E-state index >= 15 is 0 Å². The van der Waals surface area contributed by atoms with Crippen molar-refractivity contribution in [2.75, 3.05) is 32.0 Å². The van der Waals surface area contributed by atoms with Gasteiger partial charge >= 0.3 is 6.09 Å². The number of oxazole rings is 1. The van der Waals surface area contributed by atoms with Crippen molar-refractivity contribution in [3.8, 4) is 11.5 Å². The number of nitrogens with zero attached hydrogens (tertiary/aromatic N) is 2. The van der Waals surface area contributed by atoms with Crippen molar-refractivity contribution in [2.45, 2.75) is 52.2 Å². The number of nitrogens with two attached hydrogens (primary N) is 1. The van der Waals surface area contributed by atoms with Gasteiger partial charge in [-0.15, -0.1) is 0 Å². The average molecular weight is 495 g/mol. The average Bonchev–Trinajstić information content (AvgIpc) is 3.25. The molecule has 4 rings (SSSR count). The maximum atomic E-state index is 12.7. The molecule has 36 heavy (non-hydrogen) atoms. The Kier molecular flexibility index (Phi) is 7.21. The molecule has 192 valence electrons. The Morgan fingerprint density at radius 2 is 1.94 bits per heavy atom. The second-order valence-corrected chi connectivity index (χ2v) is 10.3. The van der Waals surface area contributed by atoms with Gasteiger partial charge in [-0.2, -0.15) is 0 Å². The number of amides is 2. The Hall–Kier alpha value is -3.59. The van der Waals surface area contributed by atoms with Crippen molar-refractivity contribution in [2.24, 2.45) is 0 Å². The van der Waals surface area contributed by atoms with Crippen LogP contribution in [0.25, 0.3) is 22.6 Å². The molecule has 0 aliphatic carbocycles. The smallest absolute Gasteiger partial charge is 0.410 e. The van der Waals surface area contributed by atoms with Crippen LogP contribution in [-0.2, 0) is 9.47 Å². The van der Waals surface area contributed by atoms with E-state index in [1.54, 1.807) is 35.2 Å². The van der Waals surface area contributed by atoms with Gasteiger partial charge in [-0.3, -0.25) is 4.79 Å². The Bertz CT molecular complexity index is 1240. The second kappa shape index (κ2) is 10.2. The topological polar surface area (TPSA) is 120 Å². The minimum absolute atomic E-state index is 0.230. The first-order valence-corrected chi connectivity index (χ1v) is 12.2. The lowest BCUT2D eigenvalue weighted by Crippen LogP contribution is -2.50. The lowest BCUT2D eigenvalue weighted by Gasteiger charge is -2.34. The molecule has 0 spiro atoms. The molecule has 0 radical (unpaired) electrons. The summed E-state index contributed by atoms with van der Waals surface area (Å²) >= 11 is 0. The van der Waals surface area contributed by atoms with Crippen LogP contribution < -0.4 is 11.1 Å². The summed E-state index contributed by atoms with van der Waals surface area (Å²) in [5.74, 6) is 0.488. The SMILES string of the molecule is CC(C)c1cc(N)cc2nc(-c3ccc(C(=O)NCC4CN(C(=O)OC(C)(C)C)CCO4)cc3)oc12. The van der Waals surface area contributed by atoms with Crippen LogP contribution in [0, 0.1) is 0 Å². The number of ether oxygens (including phenoxy) is 2. The van der Waals surface area contributed by atoms with Gasteiger partial charge in [0, 0.05) is 35.5 Å². The van der Waals surface area contributed by atoms with E-state index in [-0.39, 0.29) is 30.6 Å². The van der Waals surface area contributed by atoms with Crippen LogP contribution in [0.15, 0.2) is 40.8 Å². The van der Waals surface area contributed by atoms with Crippen LogP contribution in [0.3, 0.4) is 0 Å². The van der Waals surface area contributed by atoms with E-state index in [0.29, 0.717) is 42.4 Å². The summed E-state index contributed by atoms with van der Waals surface area (Å²) in [7, 11) is 0. The van der Waals surface area contributed by atoms with Gasteiger partial charge in [0.25, 0.3) is 5.91 Å². The maximum absolute atomic E-state index is 12.7. The third kappa shape index (κ3) is 5.96. The monoisotopic (exact) mass is 494 g/mol. The van der Waals surface area contributed by atoms with Crippen molar-refractivity contribution < 1.29 is 23.5 Å². The predicted octanol–water partition coefficient (Wildman–Crippen LogP) is 4.57. The van der Waals surface area contributed by atoms with E-state index in [1.165, 1.54) is 0 Å². The Morgan fingerprint density at radius 1 is 1.22 bits per heavy atom. The number of nitrogens with one attached hydrogen (secondary N) is 1. The molecule has 9 nitrogen and oxygen atoms in total. The largest absolute Gasteiger partial charge is 0.444 e. The van der Waals surface area contributed by atoms with Gasteiger partial charge in [-0.1, -0.05) is 13.8 Å². The molecule has 0 bridgehead atoms. The van der Waals surface area contributed by atoms with Crippen molar-refractivity contribution >= 4 is 28.8 Å². The molecule has 1 aliphatic heterocycles. The fraction of sp³-hybridized carbons (Fsp3) is 0.444. The summed E-state index contributed by atoms with van der Waals surface area (Å²) in [5, 5.41) is 2.89. The molecule has 3 aromatic rings. The van der Waals surface area contributed by atoms with Gasteiger partial charge in [0.2, 0.25) is 5.89 Å². The van der Waals surface area contributed by atoms with Crippen molar-refractivity contribution in [3.05, 3.63) is 47.5 Å². The fourth-order valence-electron chi connectivity index (χ4n) is 4.04. The molecular weight excluding hydrogens is 460 g/mol. The first-order valence-electron chi connectivity index (χ1n) is 12.2. The molecule has 9 heteroatoms. The number of nitrogen functional groups attached to an aromatic ring is 1. The van der Waals surface area contributed by atoms with Gasteiger partial charge in [-0.25, -0.2) is 9.78 Å². The summed E-state index contributed by atoms with van der Waals surface area (Å²) in [6.07, 6.45) is -0.683. The zero-order valence-corrected chi connectivity index (χ0v) is 21.5. The molecule has 1 aliphatic rings. The van der Waals surface area contributed by atoms with Gasteiger partial charge in [0.05, 0.1) is 19.3 Å². The lowest BCUT2D eigenvalue weighted by molar-refractivity contribution is -0.0404. The van der Waals surface area contributed by atoms with Crippen LogP contribution in [0.2, 0.25) is 0 Å². The van der Waals surface area contributed by atoms with Crippen LogP contribution in [-0.4, -0.2) is 59.8 Å². The molecule has 3 N–H and O–H groups in total. The number of hydrogen-bond acceptors (Lipinski definition) is 7. The number of fused-ring (bicyclic) bond motifs is 1.